The van der Waals surface area contributed by atoms with Gasteiger partial charge >= 0.3 is 0 Å². The van der Waals surface area contributed by atoms with Gasteiger partial charge in [0, 0.05) is 85.9 Å². The van der Waals surface area contributed by atoms with Crippen molar-refractivity contribution in [3.8, 4) is 5.75 Å². The fourth-order valence-electron chi connectivity index (χ4n) is 6.70. The van der Waals surface area contributed by atoms with Crippen LogP contribution in [0.15, 0.2) is 85.5 Å². The molecule has 0 N–H and O–H groups in total. The quantitative estimate of drug-likeness (QED) is 0.168. The summed E-state index contributed by atoms with van der Waals surface area (Å²) in [5, 5.41) is 1.97. The van der Waals surface area contributed by atoms with E-state index in [1.54, 1.807) is 24.7 Å². The predicted molar refractivity (Wildman–Crippen MR) is 196 cm³/mol. The van der Waals surface area contributed by atoms with E-state index in [0.29, 0.717) is 29.8 Å². The summed E-state index contributed by atoms with van der Waals surface area (Å²) in [6.45, 7) is 10.1. The first-order valence-electron chi connectivity index (χ1n) is 16.5. The summed E-state index contributed by atoms with van der Waals surface area (Å²) in [6.07, 6.45) is 6.16. The van der Waals surface area contributed by atoms with Gasteiger partial charge in [0.15, 0.2) is 5.11 Å². The summed E-state index contributed by atoms with van der Waals surface area (Å²) < 4.78 is 20.9. The Balaban J connectivity index is 0.917. The van der Waals surface area contributed by atoms with E-state index in [9.17, 15) is 0 Å². The molecule has 0 aliphatic carbocycles. The van der Waals surface area contributed by atoms with Gasteiger partial charge in [-0.05, 0) is 86.2 Å². The van der Waals surface area contributed by atoms with E-state index in [2.05, 4.69) is 67.9 Å². The molecule has 0 unspecified atom stereocenters. The summed E-state index contributed by atoms with van der Waals surface area (Å²) in [5.74, 6) is -0.296. The van der Waals surface area contributed by atoms with Gasteiger partial charge in [-0.1, -0.05) is 29.3 Å². The number of benzene rings is 3. The van der Waals surface area contributed by atoms with Crippen LogP contribution in [0, 0.1) is 0 Å². The van der Waals surface area contributed by atoms with Crippen LogP contribution in [0.5, 0.6) is 5.75 Å². The van der Waals surface area contributed by atoms with Crippen molar-refractivity contribution in [1.82, 2.24) is 14.5 Å². The molecular weight excluding hydrogens is 667 g/mol. The van der Waals surface area contributed by atoms with E-state index in [-0.39, 0.29) is 6.10 Å². The number of halogens is 2. The van der Waals surface area contributed by atoms with Crippen molar-refractivity contribution in [2.24, 2.45) is 0 Å². The molecule has 3 aliphatic rings. The van der Waals surface area contributed by atoms with Gasteiger partial charge in [-0.15, -0.1) is 0 Å². The van der Waals surface area contributed by atoms with Gasteiger partial charge < -0.3 is 38.4 Å². The van der Waals surface area contributed by atoms with Crippen LogP contribution >= 0.6 is 35.4 Å². The van der Waals surface area contributed by atoms with Gasteiger partial charge in [0.05, 0.1) is 24.5 Å². The van der Waals surface area contributed by atoms with Crippen LogP contribution in [0.2, 0.25) is 10.0 Å². The number of ether oxygens (including phenoxy) is 3. The van der Waals surface area contributed by atoms with Crippen molar-refractivity contribution in [1.29, 1.82) is 0 Å². The summed E-state index contributed by atoms with van der Waals surface area (Å²) in [4.78, 5) is 13.6. The molecule has 3 fully saturated rings. The molecule has 4 heterocycles. The molecule has 0 spiro atoms. The standard InChI is InChI=1S/C36H40Cl2N6O3S/c1-2-41-15-3-16-44(35(41)48)30-7-5-28(6-8-30)42-18-20-43(21-19-42)29-9-11-31(12-10-29)45-23-32-24-46-36(47-32,25-40-17-14-39-26-40)33-13-4-27(37)22-34(33)38/h4-14,17,22,26,32H,2-3,15-16,18-21,23-25H2,1H3/t32-,36-/m1/s1. The molecule has 4 aromatic rings. The number of piperazine rings is 1. The third-order valence-corrected chi connectivity index (χ3v) is 10.3. The minimum absolute atomic E-state index is 0.287. The fourth-order valence-corrected chi connectivity index (χ4v) is 7.67. The molecule has 0 amide bonds. The number of anilines is 3. The zero-order chi connectivity index (χ0) is 33.1. The SMILES string of the molecule is CCN1CCCN(c2ccc(N3CCN(c4ccc(OC[C@@H]5CO[C@@](Cn6ccnc6)(c6ccc(Cl)cc6Cl)O5)cc4)CC3)cc2)C1=S. The number of thiocarbonyl (C=S) groups is 1. The number of hydrogen-bond acceptors (Lipinski definition) is 7. The lowest BCUT2D eigenvalue weighted by atomic mass is 10.1. The average molecular weight is 708 g/mol. The van der Waals surface area contributed by atoms with Gasteiger partial charge in [-0.25, -0.2) is 4.98 Å². The lowest BCUT2D eigenvalue weighted by molar-refractivity contribution is -0.189. The van der Waals surface area contributed by atoms with Crippen LogP contribution in [0.3, 0.4) is 0 Å². The molecule has 0 bridgehead atoms. The Morgan fingerprint density at radius 2 is 1.58 bits per heavy atom. The molecule has 7 rings (SSSR count). The minimum Gasteiger partial charge on any atom is -0.491 e. The number of aromatic nitrogens is 2. The van der Waals surface area contributed by atoms with E-state index in [1.165, 1.54) is 17.1 Å². The van der Waals surface area contributed by atoms with E-state index in [4.69, 9.17) is 49.6 Å². The van der Waals surface area contributed by atoms with Gasteiger partial charge in [0.2, 0.25) is 5.79 Å². The Hall–Kier alpha value is -3.54. The van der Waals surface area contributed by atoms with Crippen molar-refractivity contribution in [2.75, 3.05) is 73.7 Å². The Morgan fingerprint density at radius 1 is 0.896 bits per heavy atom. The Kier molecular flexibility index (Phi) is 9.98. The molecule has 3 saturated heterocycles. The van der Waals surface area contributed by atoms with E-state index >= 15 is 0 Å². The first kappa shape index (κ1) is 33.0. The van der Waals surface area contributed by atoms with E-state index < -0.39 is 5.79 Å². The molecule has 12 heteroatoms. The zero-order valence-corrected chi connectivity index (χ0v) is 29.3. The largest absolute Gasteiger partial charge is 0.491 e. The lowest BCUT2D eigenvalue weighted by Gasteiger charge is -2.39. The monoisotopic (exact) mass is 706 g/mol. The van der Waals surface area contributed by atoms with Crippen LogP contribution in [0.1, 0.15) is 18.9 Å². The second kappa shape index (κ2) is 14.5. The predicted octanol–water partition coefficient (Wildman–Crippen LogP) is 6.68. The molecule has 1 aromatic heterocycles. The molecule has 9 nitrogen and oxygen atoms in total. The molecule has 0 saturated carbocycles. The maximum Gasteiger partial charge on any atom is 0.215 e. The number of nitrogens with zero attached hydrogens (tertiary/aromatic N) is 6. The second-order valence-electron chi connectivity index (χ2n) is 12.3. The van der Waals surface area contributed by atoms with E-state index in [0.717, 1.165) is 68.7 Å². The molecule has 252 valence electrons. The Bertz CT molecular complexity index is 1690. The average Bonchev–Trinajstić information content (AvgIpc) is 3.78. The van der Waals surface area contributed by atoms with Crippen LogP contribution < -0.4 is 19.4 Å². The highest BCUT2D eigenvalue weighted by Crippen LogP contribution is 2.40. The first-order chi connectivity index (χ1) is 23.4. The first-order valence-corrected chi connectivity index (χ1v) is 17.7. The normalized spacial score (nSPS) is 21.6. The molecule has 48 heavy (non-hydrogen) atoms. The molecule has 2 atom stereocenters. The minimum atomic E-state index is -1.08. The highest BCUT2D eigenvalue weighted by molar-refractivity contribution is 7.80. The molecule has 3 aliphatic heterocycles. The van der Waals surface area contributed by atoms with Crippen molar-refractivity contribution in [3.05, 3.63) is 101 Å². The van der Waals surface area contributed by atoms with Crippen LogP contribution in [-0.2, 0) is 21.8 Å². The van der Waals surface area contributed by atoms with E-state index in [1.807, 2.05) is 29.0 Å². The summed E-state index contributed by atoms with van der Waals surface area (Å²) in [7, 11) is 0. The maximum atomic E-state index is 6.61. The Morgan fingerprint density at radius 3 is 2.23 bits per heavy atom. The van der Waals surface area contributed by atoms with Crippen molar-refractivity contribution >= 4 is 57.6 Å². The Labute approximate surface area is 297 Å². The van der Waals surface area contributed by atoms with Crippen LogP contribution in [0.25, 0.3) is 0 Å². The number of rotatable bonds is 10. The number of imidazole rings is 1. The lowest BCUT2D eigenvalue weighted by Crippen LogP contribution is -2.49. The summed E-state index contributed by atoms with van der Waals surface area (Å²) in [5.41, 5.74) is 4.34. The summed E-state index contributed by atoms with van der Waals surface area (Å²) in [6, 6.07) is 22.5. The van der Waals surface area contributed by atoms with Gasteiger partial charge in [0.25, 0.3) is 0 Å². The van der Waals surface area contributed by atoms with Crippen molar-refractivity contribution < 1.29 is 14.2 Å². The number of hydrogen-bond donors (Lipinski definition) is 0. The highest BCUT2D eigenvalue weighted by atomic mass is 35.5. The zero-order valence-electron chi connectivity index (χ0n) is 27.0. The third-order valence-electron chi connectivity index (χ3n) is 9.29. The molecular formula is C36H40Cl2N6O3S. The maximum absolute atomic E-state index is 6.61. The second-order valence-corrected chi connectivity index (χ2v) is 13.5. The van der Waals surface area contributed by atoms with Gasteiger partial charge in [-0.3, -0.25) is 0 Å². The van der Waals surface area contributed by atoms with Crippen molar-refractivity contribution in [3.63, 3.8) is 0 Å². The van der Waals surface area contributed by atoms with Crippen LogP contribution in [0.4, 0.5) is 17.1 Å². The summed E-state index contributed by atoms with van der Waals surface area (Å²) >= 11 is 18.5. The van der Waals surface area contributed by atoms with Crippen molar-refractivity contribution in [2.45, 2.75) is 31.8 Å². The molecule has 3 aromatic carbocycles. The fraction of sp³-hybridized carbons (Fsp3) is 0.389. The van der Waals surface area contributed by atoms with Gasteiger partial charge in [-0.2, -0.15) is 0 Å². The smallest absolute Gasteiger partial charge is 0.215 e. The molecule has 0 radical (unpaired) electrons. The van der Waals surface area contributed by atoms with Gasteiger partial charge in [0.1, 0.15) is 18.5 Å². The highest BCUT2D eigenvalue weighted by Gasteiger charge is 2.45. The third kappa shape index (κ3) is 7.09. The van der Waals surface area contributed by atoms with Crippen LogP contribution in [-0.4, -0.2) is 84.7 Å². The topological polar surface area (TPSA) is 58.5 Å².